The van der Waals surface area contributed by atoms with Crippen molar-refractivity contribution < 1.29 is 14.6 Å². The topological polar surface area (TPSA) is 63.5 Å². The first kappa shape index (κ1) is 22.4. The molecule has 162 valence electrons. The molecule has 0 bridgehead atoms. The van der Waals surface area contributed by atoms with E-state index in [4.69, 9.17) is 4.74 Å². The lowest BCUT2D eigenvalue weighted by molar-refractivity contribution is 0.0694. The fourth-order valence-corrected chi connectivity index (χ4v) is 3.97. The van der Waals surface area contributed by atoms with E-state index >= 15 is 0 Å². The molecule has 0 saturated heterocycles. The third-order valence-corrected chi connectivity index (χ3v) is 5.75. The van der Waals surface area contributed by atoms with Crippen molar-refractivity contribution >= 4 is 12.0 Å². The molecular formula is C26H30N2O3. The summed E-state index contributed by atoms with van der Waals surface area (Å²) in [5.74, 6) is -0.0148. The number of carboxylic acids is 1. The largest absolute Gasteiger partial charge is 0.496 e. The normalized spacial score (nSPS) is 10.8. The first-order valence-corrected chi connectivity index (χ1v) is 10.4. The molecule has 0 unspecified atom stereocenters. The molecule has 0 fully saturated rings. The molecule has 2 N–H and O–H groups in total. The predicted octanol–water partition coefficient (Wildman–Crippen LogP) is 4.84. The summed E-state index contributed by atoms with van der Waals surface area (Å²) >= 11 is 0. The van der Waals surface area contributed by atoms with Crippen LogP contribution in [0.2, 0.25) is 0 Å². The summed E-state index contributed by atoms with van der Waals surface area (Å²) < 4.78 is 7.49. The molecule has 0 saturated carbocycles. The minimum atomic E-state index is -0.886. The molecule has 0 atom stereocenters. The number of aromatic carboxylic acids is 1. The second kappa shape index (κ2) is 10.1. The molecular weight excluding hydrogens is 388 g/mol. The number of carboxylic acid groups (broad SMARTS) is 1. The Labute approximate surface area is 184 Å². The van der Waals surface area contributed by atoms with Gasteiger partial charge in [-0.3, -0.25) is 0 Å². The number of carbonyl (C=O) groups is 1. The van der Waals surface area contributed by atoms with Gasteiger partial charge in [0.2, 0.25) is 0 Å². The molecule has 0 radical (unpaired) electrons. The Kier molecular flexibility index (Phi) is 7.32. The van der Waals surface area contributed by atoms with Gasteiger partial charge < -0.3 is 19.7 Å². The Morgan fingerprint density at radius 3 is 2.48 bits per heavy atom. The predicted molar refractivity (Wildman–Crippen MR) is 125 cm³/mol. The van der Waals surface area contributed by atoms with Gasteiger partial charge in [0.15, 0.2) is 0 Å². The second-order valence-corrected chi connectivity index (χ2v) is 7.60. The van der Waals surface area contributed by atoms with E-state index in [1.165, 1.54) is 0 Å². The van der Waals surface area contributed by atoms with Gasteiger partial charge in [-0.1, -0.05) is 55.1 Å². The van der Waals surface area contributed by atoms with Gasteiger partial charge in [0.1, 0.15) is 5.75 Å². The first-order chi connectivity index (χ1) is 15.0. The fraction of sp³-hybridized carbons (Fsp3) is 0.269. The standard InChI is InChI=1S/C26H30N2O3/c1-5-20-10-12-21(13-11-20)17-28-18(2)23(25(19(28)3)26(29)30)16-27-15-14-22-8-6-7-9-24(22)31-4/h5-13,27H,1,14-17H2,2-4H3,(H,29,30). The van der Waals surface area contributed by atoms with E-state index < -0.39 is 5.97 Å². The maximum atomic E-state index is 12.0. The lowest BCUT2D eigenvalue weighted by atomic mass is 10.1. The van der Waals surface area contributed by atoms with Gasteiger partial charge in [-0.05, 0) is 49.6 Å². The lowest BCUT2D eigenvalue weighted by Crippen LogP contribution is -2.19. The maximum Gasteiger partial charge on any atom is 0.337 e. The average Bonchev–Trinajstić information content (AvgIpc) is 3.01. The highest BCUT2D eigenvalue weighted by atomic mass is 16.5. The van der Waals surface area contributed by atoms with Gasteiger partial charge in [0.25, 0.3) is 0 Å². The smallest absolute Gasteiger partial charge is 0.337 e. The number of nitrogens with one attached hydrogen (secondary N) is 1. The van der Waals surface area contributed by atoms with E-state index in [0.717, 1.165) is 52.4 Å². The summed E-state index contributed by atoms with van der Waals surface area (Å²) in [6.45, 7) is 9.53. The van der Waals surface area contributed by atoms with Crippen molar-refractivity contribution in [2.75, 3.05) is 13.7 Å². The minimum Gasteiger partial charge on any atom is -0.496 e. The summed E-state index contributed by atoms with van der Waals surface area (Å²) in [7, 11) is 1.67. The number of rotatable bonds is 10. The number of nitrogens with zero attached hydrogens (tertiary/aromatic N) is 1. The van der Waals surface area contributed by atoms with Gasteiger partial charge in [-0.15, -0.1) is 0 Å². The van der Waals surface area contributed by atoms with Crippen molar-refractivity contribution in [1.29, 1.82) is 0 Å². The number of hydrogen-bond acceptors (Lipinski definition) is 3. The van der Waals surface area contributed by atoms with E-state index in [9.17, 15) is 9.90 Å². The van der Waals surface area contributed by atoms with E-state index in [2.05, 4.69) is 28.6 Å². The number of para-hydroxylation sites is 1. The lowest BCUT2D eigenvalue weighted by Gasteiger charge is -2.11. The van der Waals surface area contributed by atoms with Crippen LogP contribution in [0, 0.1) is 13.8 Å². The van der Waals surface area contributed by atoms with Crippen LogP contribution in [0.5, 0.6) is 5.75 Å². The number of hydrogen-bond donors (Lipinski definition) is 2. The summed E-state index contributed by atoms with van der Waals surface area (Å²) in [6.07, 6.45) is 2.62. The first-order valence-electron chi connectivity index (χ1n) is 10.4. The van der Waals surface area contributed by atoms with Crippen LogP contribution in [-0.2, 0) is 19.5 Å². The van der Waals surface area contributed by atoms with E-state index in [1.807, 2.05) is 56.3 Å². The Morgan fingerprint density at radius 2 is 1.84 bits per heavy atom. The van der Waals surface area contributed by atoms with Crippen LogP contribution in [0.3, 0.4) is 0 Å². The van der Waals surface area contributed by atoms with Gasteiger partial charge in [0, 0.05) is 30.0 Å². The van der Waals surface area contributed by atoms with Crippen LogP contribution in [0.15, 0.2) is 55.1 Å². The van der Waals surface area contributed by atoms with Gasteiger partial charge >= 0.3 is 5.97 Å². The van der Waals surface area contributed by atoms with Crippen LogP contribution >= 0.6 is 0 Å². The number of aromatic nitrogens is 1. The Balaban J connectivity index is 1.75. The highest BCUT2D eigenvalue weighted by Crippen LogP contribution is 2.24. The van der Waals surface area contributed by atoms with Gasteiger partial charge in [-0.25, -0.2) is 4.79 Å². The van der Waals surface area contributed by atoms with Crippen molar-refractivity contribution in [3.8, 4) is 5.75 Å². The van der Waals surface area contributed by atoms with Crippen LogP contribution in [0.25, 0.3) is 6.08 Å². The number of benzene rings is 2. The summed E-state index contributed by atoms with van der Waals surface area (Å²) in [6, 6.07) is 16.1. The zero-order valence-electron chi connectivity index (χ0n) is 18.4. The molecule has 1 heterocycles. The highest BCUT2D eigenvalue weighted by Gasteiger charge is 2.22. The van der Waals surface area contributed by atoms with E-state index in [0.29, 0.717) is 18.7 Å². The molecule has 2 aromatic carbocycles. The SMILES string of the molecule is C=Cc1ccc(Cn2c(C)c(CNCCc3ccccc3OC)c(C(=O)O)c2C)cc1. The molecule has 3 rings (SSSR count). The zero-order chi connectivity index (χ0) is 22.4. The molecule has 0 amide bonds. The monoisotopic (exact) mass is 418 g/mol. The zero-order valence-corrected chi connectivity index (χ0v) is 18.4. The van der Waals surface area contributed by atoms with Crippen molar-refractivity contribution in [2.45, 2.75) is 33.4 Å². The van der Waals surface area contributed by atoms with Gasteiger partial charge in [0.05, 0.1) is 12.7 Å². The summed E-state index contributed by atoms with van der Waals surface area (Å²) in [5.41, 5.74) is 6.31. The van der Waals surface area contributed by atoms with Crippen LogP contribution in [-0.4, -0.2) is 29.3 Å². The molecule has 1 aromatic heterocycles. The Hall–Kier alpha value is -3.31. The van der Waals surface area contributed by atoms with E-state index in [-0.39, 0.29) is 0 Å². The summed E-state index contributed by atoms with van der Waals surface area (Å²) in [4.78, 5) is 12.0. The molecule has 0 aliphatic rings. The van der Waals surface area contributed by atoms with Crippen LogP contribution in [0.4, 0.5) is 0 Å². The molecule has 3 aromatic rings. The van der Waals surface area contributed by atoms with E-state index in [1.54, 1.807) is 7.11 Å². The molecule has 0 aliphatic carbocycles. The Morgan fingerprint density at radius 1 is 1.13 bits per heavy atom. The quantitative estimate of drug-likeness (QED) is 0.463. The molecule has 5 heteroatoms. The minimum absolute atomic E-state index is 0.394. The third-order valence-electron chi connectivity index (χ3n) is 5.75. The fourth-order valence-electron chi connectivity index (χ4n) is 3.97. The van der Waals surface area contributed by atoms with Crippen molar-refractivity contribution in [3.63, 3.8) is 0 Å². The van der Waals surface area contributed by atoms with Crippen molar-refractivity contribution in [3.05, 3.63) is 94.3 Å². The molecule has 5 nitrogen and oxygen atoms in total. The summed E-state index contributed by atoms with van der Waals surface area (Å²) in [5, 5.41) is 13.3. The van der Waals surface area contributed by atoms with Crippen molar-refractivity contribution in [1.82, 2.24) is 9.88 Å². The van der Waals surface area contributed by atoms with Crippen molar-refractivity contribution in [2.24, 2.45) is 0 Å². The van der Waals surface area contributed by atoms with Crippen LogP contribution in [0.1, 0.15) is 44.0 Å². The van der Waals surface area contributed by atoms with Gasteiger partial charge in [-0.2, -0.15) is 0 Å². The Bertz CT molecular complexity index is 1070. The molecule has 31 heavy (non-hydrogen) atoms. The molecule has 0 spiro atoms. The second-order valence-electron chi connectivity index (χ2n) is 7.60. The molecule has 0 aliphatic heterocycles. The number of methoxy groups -OCH3 is 1. The highest BCUT2D eigenvalue weighted by molar-refractivity contribution is 5.91. The third kappa shape index (κ3) is 5.06. The van der Waals surface area contributed by atoms with Crippen LogP contribution < -0.4 is 10.1 Å². The average molecular weight is 419 g/mol. The maximum absolute atomic E-state index is 12.0. The number of ether oxygens (including phenoxy) is 1.